The molecule has 0 aromatic carbocycles. The van der Waals surface area contributed by atoms with Crippen LogP contribution in [0.5, 0.6) is 0 Å². The van der Waals surface area contributed by atoms with Crippen molar-refractivity contribution in [1.82, 2.24) is 14.8 Å². The number of carbonyl (C=O) groups is 1. The molecule has 0 aliphatic carbocycles. The predicted octanol–water partition coefficient (Wildman–Crippen LogP) is 2.69. The molecule has 8 heteroatoms. The highest BCUT2D eigenvalue weighted by atomic mass is 32.2. The average molecular weight is 299 g/mol. The number of nitrogens with zero attached hydrogens (tertiary/aromatic N) is 3. The van der Waals surface area contributed by atoms with E-state index in [1.54, 1.807) is 18.3 Å². The third-order valence-electron chi connectivity index (χ3n) is 2.38. The summed E-state index contributed by atoms with van der Waals surface area (Å²) >= 11 is 0.922. The second-order valence-corrected chi connectivity index (χ2v) is 4.99. The van der Waals surface area contributed by atoms with Crippen molar-refractivity contribution in [3.05, 3.63) is 35.7 Å². The van der Waals surface area contributed by atoms with Gasteiger partial charge in [-0.25, -0.2) is 18.4 Å². The Bertz CT molecular complexity index is 631. The Balaban J connectivity index is 2.41. The Morgan fingerprint density at radius 2 is 2.25 bits per heavy atom. The molecule has 0 atom stereocenters. The summed E-state index contributed by atoms with van der Waals surface area (Å²) < 4.78 is 26.7. The van der Waals surface area contributed by atoms with Gasteiger partial charge in [0.25, 0.3) is 6.43 Å². The van der Waals surface area contributed by atoms with Crippen LogP contribution in [0.4, 0.5) is 8.78 Å². The Morgan fingerprint density at radius 1 is 1.50 bits per heavy atom. The molecule has 106 valence electrons. The number of aryl methyl sites for hydroxylation is 1. The maximum atomic E-state index is 12.7. The van der Waals surface area contributed by atoms with Crippen molar-refractivity contribution in [1.29, 1.82) is 0 Å². The first-order valence-corrected chi connectivity index (χ1v) is 6.61. The minimum absolute atomic E-state index is 0.236. The molecule has 0 saturated heterocycles. The molecule has 2 aromatic heterocycles. The monoisotopic (exact) mass is 299 g/mol. The first-order valence-electron chi connectivity index (χ1n) is 5.63. The van der Waals surface area contributed by atoms with E-state index >= 15 is 0 Å². The zero-order chi connectivity index (χ0) is 14.7. The van der Waals surface area contributed by atoms with Crippen LogP contribution in [-0.4, -0.2) is 31.6 Å². The van der Waals surface area contributed by atoms with Gasteiger partial charge in [0.15, 0.2) is 5.82 Å². The summed E-state index contributed by atoms with van der Waals surface area (Å²) in [6.07, 6.45) is -1.18. The molecule has 2 rings (SSSR count). The lowest BCUT2D eigenvalue weighted by Crippen LogP contribution is -2.04. The van der Waals surface area contributed by atoms with Crippen LogP contribution in [-0.2, 0) is 4.79 Å². The summed E-state index contributed by atoms with van der Waals surface area (Å²) in [4.78, 5) is 14.7. The van der Waals surface area contributed by atoms with Gasteiger partial charge < -0.3 is 5.11 Å². The number of alkyl halides is 2. The molecule has 0 amide bonds. The topological polar surface area (TPSA) is 68.0 Å². The SMILES string of the molecule is Cc1ccnc(-n2nc(C(F)F)cc2SCC(=O)O)c1. The van der Waals surface area contributed by atoms with Gasteiger partial charge in [-0.1, -0.05) is 11.8 Å². The molecular weight excluding hydrogens is 288 g/mol. The Labute approximate surface area is 117 Å². The molecule has 2 aromatic rings. The molecule has 0 unspecified atom stereocenters. The number of hydrogen-bond acceptors (Lipinski definition) is 4. The molecule has 1 N–H and O–H groups in total. The third-order valence-corrected chi connectivity index (χ3v) is 3.36. The molecular formula is C12H11F2N3O2S. The zero-order valence-corrected chi connectivity index (χ0v) is 11.3. The van der Waals surface area contributed by atoms with Gasteiger partial charge in [0.1, 0.15) is 10.7 Å². The van der Waals surface area contributed by atoms with E-state index in [-0.39, 0.29) is 5.75 Å². The number of rotatable bonds is 5. The van der Waals surface area contributed by atoms with Crippen molar-refractivity contribution >= 4 is 17.7 Å². The van der Waals surface area contributed by atoms with Gasteiger partial charge in [-0.05, 0) is 30.7 Å². The number of carboxylic acid groups (broad SMARTS) is 1. The number of aromatic nitrogens is 3. The van der Waals surface area contributed by atoms with Gasteiger partial charge in [-0.3, -0.25) is 4.79 Å². The van der Waals surface area contributed by atoms with E-state index in [1.807, 2.05) is 6.92 Å². The highest BCUT2D eigenvalue weighted by molar-refractivity contribution is 7.99. The summed E-state index contributed by atoms with van der Waals surface area (Å²) in [5.41, 5.74) is 0.500. The minimum Gasteiger partial charge on any atom is -0.481 e. The fourth-order valence-corrected chi connectivity index (χ4v) is 2.26. The molecule has 0 aliphatic rings. The standard InChI is InChI=1S/C12H11F2N3O2S/c1-7-2-3-15-9(4-7)17-10(20-6-11(18)19)5-8(16-17)12(13)14/h2-5,12H,6H2,1H3,(H,18,19). The van der Waals surface area contributed by atoms with Crippen LogP contribution >= 0.6 is 11.8 Å². The van der Waals surface area contributed by atoms with Crippen molar-refractivity contribution in [3.63, 3.8) is 0 Å². The molecule has 0 saturated carbocycles. The Morgan fingerprint density at radius 3 is 2.85 bits per heavy atom. The van der Waals surface area contributed by atoms with Gasteiger partial charge in [0.2, 0.25) is 0 Å². The molecule has 5 nitrogen and oxygen atoms in total. The minimum atomic E-state index is -2.72. The van der Waals surface area contributed by atoms with Crippen LogP contribution in [0.15, 0.2) is 29.4 Å². The van der Waals surface area contributed by atoms with Gasteiger partial charge in [-0.2, -0.15) is 5.10 Å². The number of halogens is 2. The normalized spacial score (nSPS) is 11.0. The number of pyridine rings is 1. The number of thioether (sulfide) groups is 1. The van der Waals surface area contributed by atoms with E-state index in [4.69, 9.17) is 5.11 Å². The van der Waals surface area contributed by atoms with Crippen molar-refractivity contribution < 1.29 is 18.7 Å². The van der Waals surface area contributed by atoms with Crippen LogP contribution in [0.25, 0.3) is 5.82 Å². The highest BCUT2D eigenvalue weighted by Gasteiger charge is 2.18. The number of aliphatic carboxylic acids is 1. The van der Waals surface area contributed by atoms with Crippen LogP contribution < -0.4 is 0 Å². The lowest BCUT2D eigenvalue weighted by molar-refractivity contribution is -0.133. The van der Waals surface area contributed by atoms with Gasteiger partial charge in [0, 0.05) is 6.20 Å². The summed E-state index contributed by atoms with van der Waals surface area (Å²) in [5, 5.41) is 12.8. The summed E-state index contributed by atoms with van der Waals surface area (Å²) in [7, 11) is 0. The molecule has 2 heterocycles. The van der Waals surface area contributed by atoms with Crippen LogP contribution in [0.2, 0.25) is 0 Å². The summed E-state index contributed by atoms with van der Waals surface area (Å²) in [6.45, 7) is 1.84. The molecule has 0 aliphatic heterocycles. The van der Waals surface area contributed by atoms with Crippen molar-refractivity contribution in [2.75, 3.05) is 5.75 Å². The molecule has 20 heavy (non-hydrogen) atoms. The molecule has 0 spiro atoms. The van der Waals surface area contributed by atoms with Crippen LogP contribution in [0.3, 0.4) is 0 Å². The fraction of sp³-hybridized carbons (Fsp3) is 0.250. The van der Waals surface area contributed by atoms with Crippen LogP contribution in [0.1, 0.15) is 17.7 Å². The molecule has 0 bridgehead atoms. The van der Waals surface area contributed by atoms with Crippen molar-refractivity contribution in [2.45, 2.75) is 18.4 Å². The van der Waals surface area contributed by atoms with E-state index in [2.05, 4.69) is 10.1 Å². The van der Waals surface area contributed by atoms with E-state index in [0.717, 1.165) is 17.3 Å². The fourth-order valence-electron chi connectivity index (χ4n) is 1.53. The predicted molar refractivity (Wildman–Crippen MR) is 69.4 cm³/mol. The summed E-state index contributed by atoms with van der Waals surface area (Å²) in [5.74, 6) is -0.886. The van der Waals surface area contributed by atoms with Crippen molar-refractivity contribution in [3.8, 4) is 5.82 Å². The third kappa shape index (κ3) is 3.32. The van der Waals surface area contributed by atoms with Crippen molar-refractivity contribution in [2.24, 2.45) is 0 Å². The Hall–Kier alpha value is -1.96. The second kappa shape index (κ2) is 6.00. The smallest absolute Gasteiger partial charge is 0.313 e. The average Bonchev–Trinajstić information content (AvgIpc) is 2.80. The maximum Gasteiger partial charge on any atom is 0.313 e. The lowest BCUT2D eigenvalue weighted by Gasteiger charge is -2.05. The van der Waals surface area contributed by atoms with Gasteiger partial charge in [0.05, 0.1) is 5.75 Å². The second-order valence-electron chi connectivity index (χ2n) is 3.99. The summed E-state index contributed by atoms with van der Waals surface area (Å²) in [6, 6.07) is 4.64. The van der Waals surface area contributed by atoms with Gasteiger partial charge in [-0.15, -0.1) is 0 Å². The number of carboxylic acids is 1. The maximum absolute atomic E-state index is 12.7. The van der Waals surface area contributed by atoms with E-state index < -0.39 is 18.1 Å². The molecule has 0 radical (unpaired) electrons. The highest BCUT2D eigenvalue weighted by Crippen LogP contribution is 2.27. The first-order chi connectivity index (χ1) is 9.47. The molecule has 0 fully saturated rings. The first kappa shape index (κ1) is 14.4. The zero-order valence-electron chi connectivity index (χ0n) is 10.5. The van der Waals surface area contributed by atoms with E-state index in [9.17, 15) is 13.6 Å². The lowest BCUT2D eigenvalue weighted by atomic mass is 10.3. The van der Waals surface area contributed by atoms with E-state index in [0.29, 0.717) is 10.8 Å². The van der Waals surface area contributed by atoms with Crippen LogP contribution in [0, 0.1) is 6.92 Å². The quantitative estimate of drug-likeness (QED) is 0.860. The number of hydrogen-bond donors (Lipinski definition) is 1. The van der Waals surface area contributed by atoms with Gasteiger partial charge >= 0.3 is 5.97 Å². The largest absolute Gasteiger partial charge is 0.481 e. The van der Waals surface area contributed by atoms with E-state index in [1.165, 1.54) is 10.7 Å². The Kier molecular flexibility index (Phi) is 4.33.